The molecule has 4 rings (SSSR count). The van der Waals surface area contributed by atoms with Gasteiger partial charge in [0.1, 0.15) is 17.6 Å². The number of anilines is 2. The Morgan fingerprint density at radius 2 is 2.04 bits per heavy atom. The summed E-state index contributed by atoms with van der Waals surface area (Å²) in [6, 6.07) is 8.70. The highest BCUT2D eigenvalue weighted by molar-refractivity contribution is 6.02. The van der Waals surface area contributed by atoms with Crippen LogP contribution >= 0.6 is 0 Å². The number of nitriles is 1. The van der Waals surface area contributed by atoms with E-state index in [-0.39, 0.29) is 6.03 Å². The molecule has 0 unspecified atom stereocenters. The zero-order valence-corrected chi connectivity index (χ0v) is 16.0. The molecule has 2 fully saturated rings. The van der Waals surface area contributed by atoms with Gasteiger partial charge in [0, 0.05) is 17.6 Å². The predicted octanol–water partition coefficient (Wildman–Crippen LogP) is 4.10. The molecule has 7 nitrogen and oxygen atoms in total. The first kappa shape index (κ1) is 18.5. The Kier molecular flexibility index (Phi) is 5.05. The van der Waals surface area contributed by atoms with Gasteiger partial charge in [0.25, 0.3) is 0 Å². The second-order valence-corrected chi connectivity index (χ2v) is 7.95. The Hall–Kier alpha value is -2.85. The second kappa shape index (κ2) is 7.64. The summed E-state index contributed by atoms with van der Waals surface area (Å²) < 4.78 is 10.5. The summed E-state index contributed by atoms with van der Waals surface area (Å²) in [6.07, 6.45) is 6.02. The number of aromatic nitrogens is 1. The van der Waals surface area contributed by atoms with Crippen molar-refractivity contribution in [2.75, 3.05) is 30.0 Å². The summed E-state index contributed by atoms with van der Waals surface area (Å²) in [7, 11) is 0. The molecule has 0 atom stereocenters. The summed E-state index contributed by atoms with van der Waals surface area (Å²) in [5, 5.41) is 15.8. The quantitative estimate of drug-likeness (QED) is 0.862. The van der Waals surface area contributed by atoms with Gasteiger partial charge in [0.15, 0.2) is 0 Å². The fraction of sp³-hybridized carbons (Fsp3) is 0.476. The third-order valence-corrected chi connectivity index (χ3v) is 5.95. The number of nitrogens with zero attached hydrogens (tertiary/aromatic N) is 3. The van der Waals surface area contributed by atoms with Crippen molar-refractivity contribution in [3.63, 3.8) is 0 Å². The fourth-order valence-electron chi connectivity index (χ4n) is 4.07. The van der Waals surface area contributed by atoms with E-state index in [1.54, 1.807) is 29.2 Å². The highest BCUT2D eigenvalue weighted by atomic mass is 16.5. The van der Waals surface area contributed by atoms with E-state index >= 15 is 0 Å². The van der Waals surface area contributed by atoms with Crippen LogP contribution in [0, 0.1) is 29.6 Å². The van der Waals surface area contributed by atoms with Crippen molar-refractivity contribution in [1.82, 2.24) is 5.16 Å². The highest BCUT2D eigenvalue weighted by Crippen LogP contribution is 2.44. The van der Waals surface area contributed by atoms with Crippen LogP contribution in [0.3, 0.4) is 0 Å². The number of nitrogens with one attached hydrogen (secondary N) is 1. The van der Waals surface area contributed by atoms with E-state index in [2.05, 4.69) is 16.5 Å². The number of benzene rings is 1. The molecule has 1 aromatic carbocycles. The summed E-state index contributed by atoms with van der Waals surface area (Å²) in [4.78, 5) is 14.8. The molecule has 1 saturated heterocycles. The Morgan fingerprint density at radius 3 is 2.57 bits per heavy atom. The molecule has 2 aromatic rings. The summed E-state index contributed by atoms with van der Waals surface area (Å²) in [5.74, 6) is 0.437. The Balaban J connectivity index is 1.46. The van der Waals surface area contributed by atoms with Crippen LogP contribution in [0.1, 0.15) is 36.9 Å². The molecule has 1 saturated carbocycles. The van der Waals surface area contributed by atoms with Gasteiger partial charge in [0.2, 0.25) is 0 Å². The smallest absolute Gasteiger partial charge is 0.326 e. The third kappa shape index (κ3) is 3.73. The van der Waals surface area contributed by atoms with Gasteiger partial charge in [-0.15, -0.1) is 0 Å². The average Bonchev–Trinajstić information content (AvgIpc) is 3.11. The lowest BCUT2D eigenvalue weighted by molar-refractivity contribution is -0.135. The lowest BCUT2D eigenvalue weighted by atomic mass is 9.69. The molecule has 1 aromatic heterocycles. The molecule has 2 aliphatic rings. The lowest BCUT2D eigenvalue weighted by Gasteiger charge is -2.46. The van der Waals surface area contributed by atoms with Crippen LogP contribution in [0.15, 0.2) is 35.1 Å². The molecule has 1 aliphatic carbocycles. The van der Waals surface area contributed by atoms with Crippen molar-refractivity contribution in [3.8, 4) is 6.07 Å². The Bertz CT molecular complexity index is 870. The summed E-state index contributed by atoms with van der Waals surface area (Å²) in [6.45, 7) is 4.23. The average molecular weight is 380 g/mol. The maximum absolute atomic E-state index is 13.0. The molecule has 146 valence electrons. The molecule has 28 heavy (non-hydrogen) atoms. The van der Waals surface area contributed by atoms with Gasteiger partial charge in [-0.2, -0.15) is 5.26 Å². The normalized spacial score (nSPS) is 18.3. The van der Waals surface area contributed by atoms with E-state index in [0.29, 0.717) is 40.5 Å². The number of carbonyl (C=O) groups is 1. The van der Waals surface area contributed by atoms with E-state index in [4.69, 9.17) is 14.5 Å². The van der Waals surface area contributed by atoms with Gasteiger partial charge >= 0.3 is 6.03 Å². The zero-order chi connectivity index (χ0) is 19.6. The van der Waals surface area contributed by atoms with Gasteiger partial charge in [-0.25, -0.2) is 4.79 Å². The van der Waals surface area contributed by atoms with Crippen molar-refractivity contribution in [2.45, 2.75) is 32.6 Å². The van der Waals surface area contributed by atoms with Crippen molar-refractivity contribution in [2.24, 2.45) is 11.3 Å². The number of amides is 2. The number of aryl methyl sites for hydroxylation is 1. The van der Waals surface area contributed by atoms with Gasteiger partial charge in [-0.1, -0.05) is 5.16 Å². The van der Waals surface area contributed by atoms with Crippen molar-refractivity contribution in [3.05, 3.63) is 41.8 Å². The molecule has 7 heteroatoms. The standard InChI is InChI=1S/C21H24N4O3/c1-15-19(12-28-24-15)25(11-17-6-8-21(9-7-17)13-27-14-21)20(26)23-18-4-2-16(10-22)3-5-18/h2-5,12,17H,6-9,11,13-14H2,1H3,(H,23,26). The van der Waals surface area contributed by atoms with E-state index in [1.165, 1.54) is 6.26 Å². The Morgan fingerprint density at radius 1 is 1.32 bits per heavy atom. The van der Waals surface area contributed by atoms with Gasteiger partial charge in [-0.3, -0.25) is 4.90 Å². The SMILES string of the molecule is Cc1nocc1N(CC1CCC2(CC1)COC2)C(=O)Nc1ccc(C#N)cc1. The molecule has 1 N–H and O–H groups in total. The first-order chi connectivity index (χ1) is 13.6. The van der Waals surface area contributed by atoms with E-state index in [1.807, 2.05) is 6.92 Å². The minimum absolute atomic E-state index is 0.219. The number of carbonyl (C=O) groups excluding carboxylic acids is 1. The number of ether oxygens (including phenoxy) is 1. The van der Waals surface area contributed by atoms with Gasteiger partial charge in [0.05, 0.1) is 24.8 Å². The number of hydrogen-bond acceptors (Lipinski definition) is 5. The van der Waals surface area contributed by atoms with E-state index in [0.717, 1.165) is 38.9 Å². The van der Waals surface area contributed by atoms with Crippen LogP contribution in [0.25, 0.3) is 0 Å². The number of rotatable bonds is 4. The molecule has 2 amide bonds. The molecule has 1 aliphatic heterocycles. The highest BCUT2D eigenvalue weighted by Gasteiger charge is 2.42. The third-order valence-electron chi connectivity index (χ3n) is 5.95. The van der Waals surface area contributed by atoms with Crippen LogP contribution in [-0.4, -0.2) is 30.9 Å². The van der Waals surface area contributed by atoms with Crippen LogP contribution in [-0.2, 0) is 4.74 Å². The van der Waals surface area contributed by atoms with E-state index < -0.39 is 0 Å². The maximum Gasteiger partial charge on any atom is 0.326 e. The topological polar surface area (TPSA) is 91.4 Å². The fourth-order valence-corrected chi connectivity index (χ4v) is 4.07. The van der Waals surface area contributed by atoms with Crippen LogP contribution < -0.4 is 10.2 Å². The Labute approximate surface area is 164 Å². The second-order valence-electron chi connectivity index (χ2n) is 7.95. The summed E-state index contributed by atoms with van der Waals surface area (Å²) in [5.41, 5.74) is 2.98. The van der Waals surface area contributed by atoms with Gasteiger partial charge < -0.3 is 14.6 Å². The number of urea groups is 1. The maximum atomic E-state index is 13.0. The van der Waals surface area contributed by atoms with Crippen molar-refractivity contribution < 1.29 is 14.1 Å². The molecular formula is C21H24N4O3. The predicted molar refractivity (Wildman–Crippen MR) is 104 cm³/mol. The minimum atomic E-state index is -0.219. The van der Waals surface area contributed by atoms with Crippen molar-refractivity contribution >= 4 is 17.4 Å². The molecule has 2 heterocycles. The monoisotopic (exact) mass is 380 g/mol. The van der Waals surface area contributed by atoms with Crippen LogP contribution in [0.5, 0.6) is 0 Å². The molecule has 0 bridgehead atoms. The zero-order valence-electron chi connectivity index (χ0n) is 16.0. The lowest BCUT2D eigenvalue weighted by Crippen LogP contribution is -2.47. The number of hydrogen-bond donors (Lipinski definition) is 1. The molecule has 0 radical (unpaired) electrons. The largest absolute Gasteiger partial charge is 0.380 e. The first-order valence-electron chi connectivity index (χ1n) is 9.66. The molecular weight excluding hydrogens is 356 g/mol. The van der Waals surface area contributed by atoms with Crippen LogP contribution in [0.4, 0.5) is 16.2 Å². The first-order valence-corrected chi connectivity index (χ1v) is 9.66. The molecule has 1 spiro atoms. The van der Waals surface area contributed by atoms with E-state index in [9.17, 15) is 4.79 Å². The van der Waals surface area contributed by atoms with Crippen molar-refractivity contribution in [1.29, 1.82) is 5.26 Å². The minimum Gasteiger partial charge on any atom is -0.380 e. The van der Waals surface area contributed by atoms with Gasteiger partial charge in [-0.05, 0) is 62.8 Å². The summed E-state index contributed by atoms with van der Waals surface area (Å²) >= 11 is 0. The van der Waals surface area contributed by atoms with Crippen LogP contribution in [0.2, 0.25) is 0 Å².